The lowest BCUT2D eigenvalue weighted by Gasteiger charge is -2.12. The van der Waals surface area contributed by atoms with Gasteiger partial charge in [0.05, 0.1) is 18.4 Å². The second-order valence-corrected chi connectivity index (χ2v) is 7.63. The monoisotopic (exact) mass is 426 g/mol. The van der Waals surface area contributed by atoms with Crippen molar-refractivity contribution >= 4 is 28.7 Å². The highest BCUT2D eigenvalue weighted by Gasteiger charge is 2.23. The Morgan fingerprint density at radius 1 is 1.13 bits per heavy atom. The molecule has 0 spiro atoms. The molecule has 8 heteroatoms. The normalized spacial score (nSPS) is 12.0. The third-order valence-electron chi connectivity index (χ3n) is 5.13. The predicted octanol–water partition coefficient (Wildman–Crippen LogP) is 3.31. The van der Waals surface area contributed by atoms with E-state index in [4.69, 9.17) is 5.11 Å². The molecule has 7 nitrogen and oxygen atoms in total. The lowest BCUT2D eigenvalue weighted by atomic mass is 10.1. The van der Waals surface area contributed by atoms with Crippen LogP contribution in [0, 0.1) is 19.7 Å². The van der Waals surface area contributed by atoms with Crippen molar-refractivity contribution in [1.82, 2.24) is 9.88 Å². The van der Waals surface area contributed by atoms with Gasteiger partial charge in [-0.3, -0.25) is 19.0 Å². The molecule has 0 saturated carbocycles. The van der Waals surface area contributed by atoms with Gasteiger partial charge >= 0.3 is 5.97 Å². The number of benzene rings is 2. The minimum absolute atomic E-state index is 0.161. The van der Waals surface area contributed by atoms with Gasteiger partial charge < -0.3 is 15.5 Å². The van der Waals surface area contributed by atoms with E-state index in [0.717, 1.165) is 11.6 Å². The molecule has 1 heterocycles. The summed E-state index contributed by atoms with van der Waals surface area (Å²) in [6.45, 7) is 5.11. The third-order valence-corrected chi connectivity index (χ3v) is 5.13. The van der Waals surface area contributed by atoms with Gasteiger partial charge in [-0.1, -0.05) is 17.7 Å². The largest absolute Gasteiger partial charge is 0.505 e. The maximum atomic E-state index is 14.1. The molecular formula is C23H23FN2O5. The van der Waals surface area contributed by atoms with Crippen LogP contribution in [0.25, 0.3) is 10.9 Å². The Morgan fingerprint density at radius 3 is 2.39 bits per heavy atom. The summed E-state index contributed by atoms with van der Waals surface area (Å²) in [5.41, 5.74) is 2.50. The van der Waals surface area contributed by atoms with E-state index in [2.05, 4.69) is 5.32 Å². The van der Waals surface area contributed by atoms with E-state index in [1.807, 2.05) is 6.92 Å². The van der Waals surface area contributed by atoms with Gasteiger partial charge in [0.2, 0.25) is 5.91 Å². The smallest absolute Gasteiger partial charge is 0.305 e. The van der Waals surface area contributed by atoms with Crippen LogP contribution in [0.15, 0.2) is 36.4 Å². The van der Waals surface area contributed by atoms with Crippen LogP contribution >= 0.6 is 0 Å². The number of carboxylic acid groups (broad SMARTS) is 1. The zero-order valence-corrected chi connectivity index (χ0v) is 17.4. The minimum atomic E-state index is -1.04. The number of carbonyl (C=O) groups excluding carboxylic acids is 2. The van der Waals surface area contributed by atoms with Crippen LogP contribution in [0.3, 0.4) is 0 Å². The van der Waals surface area contributed by atoms with Gasteiger partial charge in [0.15, 0.2) is 11.6 Å². The van der Waals surface area contributed by atoms with E-state index in [1.165, 1.54) is 10.6 Å². The second-order valence-electron chi connectivity index (χ2n) is 7.63. The molecule has 31 heavy (non-hydrogen) atoms. The van der Waals surface area contributed by atoms with Crippen LogP contribution in [0.4, 0.5) is 4.39 Å². The number of hydrogen-bond acceptors (Lipinski definition) is 4. The number of aryl methyl sites for hydroxylation is 1. The highest BCUT2D eigenvalue weighted by Crippen LogP contribution is 2.32. The lowest BCUT2D eigenvalue weighted by Crippen LogP contribution is -2.35. The number of halogens is 1. The summed E-state index contributed by atoms with van der Waals surface area (Å²) in [7, 11) is 0. The highest BCUT2D eigenvalue weighted by molar-refractivity contribution is 6.05. The van der Waals surface area contributed by atoms with E-state index in [0.29, 0.717) is 22.2 Å². The topological polar surface area (TPSA) is 109 Å². The summed E-state index contributed by atoms with van der Waals surface area (Å²) in [6.07, 6.45) is -0.393. The molecule has 3 rings (SSSR count). The molecule has 3 N–H and O–H groups in total. The molecule has 3 aromatic rings. The van der Waals surface area contributed by atoms with Crippen molar-refractivity contribution in [3.05, 3.63) is 64.6 Å². The van der Waals surface area contributed by atoms with Crippen LogP contribution < -0.4 is 5.32 Å². The van der Waals surface area contributed by atoms with E-state index in [9.17, 15) is 23.9 Å². The Hall–Kier alpha value is -3.68. The first-order chi connectivity index (χ1) is 14.6. The van der Waals surface area contributed by atoms with Gasteiger partial charge in [0.25, 0.3) is 5.91 Å². The number of phenols is 1. The lowest BCUT2D eigenvalue weighted by molar-refractivity contribution is -0.137. The number of phenolic OH excluding ortho intramolecular Hbond substituents is 1. The third kappa shape index (κ3) is 4.58. The molecule has 162 valence electrons. The maximum Gasteiger partial charge on any atom is 0.305 e. The SMILES string of the molecule is Cc1ccc(C(=O)n2c(C)c(CC(=O)NC(C)CC(=O)O)c3cc(O)c(F)cc32)cc1. The molecule has 1 aromatic heterocycles. The van der Waals surface area contributed by atoms with Crippen molar-refractivity contribution in [1.29, 1.82) is 0 Å². The van der Waals surface area contributed by atoms with Gasteiger partial charge in [-0.15, -0.1) is 0 Å². The number of rotatable bonds is 6. The van der Waals surface area contributed by atoms with Gasteiger partial charge in [-0.2, -0.15) is 0 Å². The van der Waals surface area contributed by atoms with Crippen LogP contribution in [0.1, 0.15) is 40.5 Å². The molecule has 0 fully saturated rings. The predicted molar refractivity (Wildman–Crippen MR) is 113 cm³/mol. The average Bonchev–Trinajstić information content (AvgIpc) is 2.92. The van der Waals surface area contributed by atoms with E-state index in [1.54, 1.807) is 38.1 Å². The van der Waals surface area contributed by atoms with E-state index < -0.39 is 35.4 Å². The summed E-state index contributed by atoms with van der Waals surface area (Å²) in [4.78, 5) is 36.5. The van der Waals surface area contributed by atoms with Crippen molar-refractivity contribution in [2.24, 2.45) is 0 Å². The Balaban J connectivity index is 2.06. The van der Waals surface area contributed by atoms with Gasteiger partial charge in [0.1, 0.15) is 0 Å². The molecular weight excluding hydrogens is 403 g/mol. The molecule has 0 aliphatic carbocycles. The first kappa shape index (κ1) is 22.0. The number of aromatic nitrogens is 1. The molecule has 1 unspecified atom stereocenters. The summed E-state index contributed by atoms with van der Waals surface area (Å²) in [5.74, 6) is -3.34. The highest BCUT2D eigenvalue weighted by atomic mass is 19.1. The van der Waals surface area contributed by atoms with Gasteiger partial charge in [-0.25, -0.2) is 4.39 Å². The Labute approximate surface area is 178 Å². The summed E-state index contributed by atoms with van der Waals surface area (Å²) >= 11 is 0. The number of aliphatic carboxylic acids is 1. The molecule has 0 aliphatic rings. The number of amides is 1. The Kier molecular flexibility index (Phi) is 6.10. The number of carboxylic acids is 1. The molecule has 0 radical (unpaired) electrons. The van der Waals surface area contributed by atoms with Crippen LogP contribution in [0.5, 0.6) is 5.75 Å². The number of nitrogens with one attached hydrogen (secondary N) is 1. The fraction of sp³-hybridized carbons (Fsp3) is 0.261. The number of carbonyl (C=O) groups is 3. The van der Waals surface area contributed by atoms with Crippen LogP contribution in [0.2, 0.25) is 0 Å². The van der Waals surface area contributed by atoms with Crippen LogP contribution in [-0.4, -0.2) is 38.6 Å². The molecule has 0 aliphatic heterocycles. The van der Waals surface area contributed by atoms with Crippen molar-refractivity contribution < 1.29 is 29.0 Å². The minimum Gasteiger partial charge on any atom is -0.505 e. The van der Waals surface area contributed by atoms with Crippen molar-refractivity contribution in [2.75, 3.05) is 0 Å². The first-order valence-electron chi connectivity index (χ1n) is 9.73. The standard InChI is InChI=1S/C23H23FN2O5/c1-12-4-6-15(7-5-12)23(31)26-14(3)16(10-21(28)25-13(2)8-22(29)30)17-9-20(27)18(24)11-19(17)26/h4-7,9,11,13,27H,8,10H2,1-3H3,(H,25,28)(H,29,30). The van der Waals surface area contributed by atoms with Crippen LogP contribution in [-0.2, 0) is 16.0 Å². The summed E-state index contributed by atoms with van der Waals surface area (Å²) in [5, 5.41) is 21.7. The summed E-state index contributed by atoms with van der Waals surface area (Å²) in [6, 6.07) is 8.59. The zero-order chi connectivity index (χ0) is 22.9. The molecule has 0 saturated heterocycles. The fourth-order valence-electron chi connectivity index (χ4n) is 3.60. The zero-order valence-electron chi connectivity index (χ0n) is 17.4. The number of aromatic hydroxyl groups is 1. The number of hydrogen-bond donors (Lipinski definition) is 3. The van der Waals surface area contributed by atoms with Gasteiger partial charge in [0, 0.05) is 28.8 Å². The quantitative estimate of drug-likeness (QED) is 0.560. The van der Waals surface area contributed by atoms with E-state index in [-0.39, 0.29) is 18.4 Å². The Morgan fingerprint density at radius 2 is 1.77 bits per heavy atom. The molecule has 1 atom stereocenters. The summed E-state index contributed by atoms with van der Waals surface area (Å²) < 4.78 is 15.5. The first-order valence-corrected chi connectivity index (χ1v) is 9.73. The van der Waals surface area contributed by atoms with Crippen molar-refractivity contribution in [3.8, 4) is 5.75 Å². The molecule has 2 aromatic carbocycles. The number of nitrogens with zero attached hydrogens (tertiary/aromatic N) is 1. The van der Waals surface area contributed by atoms with Crippen molar-refractivity contribution in [3.63, 3.8) is 0 Å². The average molecular weight is 426 g/mol. The van der Waals surface area contributed by atoms with Gasteiger partial charge in [-0.05, 0) is 44.5 Å². The molecule has 0 bridgehead atoms. The van der Waals surface area contributed by atoms with Crippen molar-refractivity contribution in [2.45, 2.75) is 39.7 Å². The second kappa shape index (κ2) is 8.59. The van der Waals surface area contributed by atoms with E-state index >= 15 is 0 Å². The maximum absolute atomic E-state index is 14.1. The Bertz CT molecular complexity index is 1180. The number of fused-ring (bicyclic) bond motifs is 1. The molecule has 1 amide bonds. The fourth-order valence-corrected chi connectivity index (χ4v) is 3.60.